The second kappa shape index (κ2) is 4.96. The molecule has 5 rings (SSSR count). The number of anilines is 1. The molecule has 0 unspecified atom stereocenters. The van der Waals surface area contributed by atoms with Gasteiger partial charge in [-0.15, -0.1) is 12.4 Å². The summed E-state index contributed by atoms with van der Waals surface area (Å²) in [6.45, 7) is 4.26. The number of aldehydes is 1. The fraction of sp³-hybridized carbons (Fsp3) is 0.421. The minimum atomic E-state index is 0. The molecule has 3 heterocycles. The predicted octanol–water partition coefficient (Wildman–Crippen LogP) is 3.28. The predicted molar refractivity (Wildman–Crippen MR) is 93.9 cm³/mol. The number of carbonyl (C=O) groups excluding carboxylic acids is 1. The quantitative estimate of drug-likeness (QED) is 0.634. The number of nitrogens with zero attached hydrogens (tertiary/aromatic N) is 1. The van der Waals surface area contributed by atoms with Crippen LogP contribution in [0.1, 0.15) is 25.3 Å². The van der Waals surface area contributed by atoms with Crippen LogP contribution in [-0.2, 0) is 10.2 Å². The number of allylic oxidation sites excluding steroid dienone is 2. The number of benzene rings is 1. The molecule has 0 aromatic heterocycles. The van der Waals surface area contributed by atoms with Crippen molar-refractivity contribution in [3.63, 3.8) is 0 Å². The first-order valence-corrected chi connectivity index (χ1v) is 8.25. The molecule has 1 aromatic carbocycles. The molecule has 1 aliphatic carbocycles. The SMILES string of the molecule is C/C=C1/CN2CC[C@]34C(=C(C=O)[C@H]1C[C@H]23)Nc1ccccc14.Cl. The van der Waals surface area contributed by atoms with E-state index in [1.807, 2.05) is 0 Å². The Morgan fingerprint density at radius 2 is 2.17 bits per heavy atom. The number of hydrogen-bond acceptors (Lipinski definition) is 3. The van der Waals surface area contributed by atoms with Crippen LogP contribution in [0.2, 0.25) is 0 Å². The van der Waals surface area contributed by atoms with E-state index in [0.717, 1.165) is 37.8 Å². The number of halogens is 1. The lowest BCUT2D eigenvalue weighted by atomic mass is 9.62. The number of hydrogen-bond donors (Lipinski definition) is 1. The van der Waals surface area contributed by atoms with Gasteiger partial charge in [0.05, 0.1) is 5.41 Å². The van der Waals surface area contributed by atoms with Crippen molar-refractivity contribution in [1.82, 2.24) is 4.90 Å². The molecule has 0 saturated carbocycles. The smallest absolute Gasteiger partial charge is 0.148 e. The average Bonchev–Trinajstić information content (AvgIpc) is 3.11. The number of carbonyl (C=O) groups is 1. The number of para-hydroxylation sites is 1. The van der Waals surface area contributed by atoms with Crippen molar-refractivity contribution >= 4 is 24.4 Å². The van der Waals surface area contributed by atoms with Gasteiger partial charge in [0.1, 0.15) is 6.29 Å². The molecular weight excluding hydrogens is 308 g/mol. The highest BCUT2D eigenvalue weighted by molar-refractivity contribution is 5.85. The second-order valence-corrected chi connectivity index (χ2v) is 6.98. The standard InChI is InChI=1S/C19H20N2O.ClH/c1-2-12-10-21-8-7-19-15-5-3-4-6-16(15)20-18(19)14(11-22)13(12)9-17(19)21;/h2-6,11,13,17,20H,7-10H2,1H3;1H/b12-2-;/t13-,17-,19+;/m0./s1. The first-order chi connectivity index (χ1) is 10.8. The van der Waals surface area contributed by atoms with Crippen LogP contribution in [0.25, 0.3) is 0 Å². The van der Waals surface area contributed by atoms with E-state index in [-0.39, 0.29) is 17.8 Å². The Morgan fingerprint density at radius 1 is 1.35 bits per heavy atom. The lowest BCUT2D eigenvalue weighted by Gasteiger charge is -2.48. The molecule has 1 spiro atoms. The number of nitrogens with one attached hydrogen (secondary N) is 1. The van der Waals surface area contributed by atoms with E-state index in [9.17, 15) is 4.79 Å². The molecule has 0 radical (unpaired) electrons. The van der Waals surface area contributed by atoms with E-state index in [1.54, 1.807) is 0 Å². The minimum Gasteiger partial charge on any atom is -0.358 e. The fourth-order valence-electron chi connectivity index (χ4n) is 5.44. The minimum absolute atomic E-state index is 0. The number of fused-ring (bicyclic) bond motifs is 2. The Morgan fingerprint density at radius 3 is 2.96 bits per heavy atom. The average molecular weight is 329 g/mol. The van der Waals surface area contributed by atoms with Crippen LogP contribution in [0.3, 0.4) is 0 Å². The molecule has 120 valence electrons. The van der Waals surface area contributed by atoms with Crippen molar-refractivity contribution in [3.8, 4) is 0 Å². The van der Waals surface area contributed by atoms with Crippen LogP contribution >= 0.6 is 12.4 Å². The molecule has 3 aliphatic heterocycles. The van der Waals surface area contributed by atoms with E-state index >= 15 is 0 Å². The van der Waals surface area contributed by atoms with Crippen LogP contribution in [0.15, 0.2) is 47.2 Å². The molecule has 3 atom stereocenters. The van der Waals surface area contributed by atoms with Gasteiger partial charge in [0.15, 0.2) is 0 Å². The van der Waals surface area contributed by atoms with Gasteiger partial charge in [0.25, 0.3) is 0 Å². The van der Waals surface area contributed by atoms with E-state index in [4.69, 9.17) is 0 Å². The Bertz CT molecular complexity index is 753. The van der Waals surface area contributed by atoms with Gasteiger partial charge >= 0.3 is 0 Å². The highest BCUT2D eigenvalue weighted by atomic mass is 35.5. The third-order valence-corrected chi connectivity index (χ3v) is 6.37. The van der Waals surface area contributed by atoms with Crippen LogP contribution < -0.4 is 5.32 Å². The zero-order chi connectivity index (χ0) is 14.9. The van der Waals surface area contributed by atoms with Gasteiger partial charge in [-0.2, -0.15) is 0 Å². The number of piperidine rings is 1. The van der Waals surface area contributed by atoms with Crippen LogP contribution in [-0.4, -0.2) is 30.3 Å². The molecule has 0 amide bonds. The Kier molecular flexibility index (Phi) is 3.23. The molecule has 4 aliphatic rings. The molecule has 1 N–H and O–H groups in total. The van der Waals surface area contributed by atoms with E-state index in [2.05, 4.69) is 47.5 Å². The summed E-state index contributed by atoms with van der Waals surface area (Å²) >= 11 is 0. The topological polar surface area (TPSA) is 32.3 Å². The first kappa shape index (κ1) is 15.0. The van der Waals surface area contributed by atoms with Crippen molar-refractivity contribution in [3.05, 3.63) is 52.7 Å². The highest BCUT2D eigenvalue weighted by Gasteiger charge is 2.60. The fourth-order valence-corrected chi connectivity index (χ4v) is 5.44. The maximum Gasteiger partial charge on any atom is 0.148 e. The largest absolute Gasteiger partial charge is 0.358 e. The monoisotopic (exact) mass is 328 g/mol. The second-order valence-electron chi connectivity index (χ2n) is 6.98. The summed E-state index contributed by atoms with van der Waals surface area (Å²) in [7, 11) is 0. The van der Waals surface area contributed by atoms with Crippen LogP contribution in [0.5, 0.6) is 0 Å². The molecule has 23 heavy (non-hydrogen) atoms. The molecular formula is C19H21ClN2O. The summed E-state index contributed by atoms with van der Waals surface area (Å²) in [6, 6.07) is 9.16. The van der Waals surface area contributed by atoms with Gasteiger partial charge in [-0.3, -0.25) is 9.69 Å². The summed E-state index contributed by atoms with van der Waals surface area (Å²) in [6.07, 6.45) is 5.55. The van der Waals surface area contributed by atoms with Gasteiger partial charge in [-0.1, -0.05) is 29.8 Å². The Balaban J connectivity index is 0.00000135. The summed E-state index contributed by atoms with van der Waals surface area (Å²) in [5.41, 5.74) is 6.25. The molecule has 1 aromatic rings. The zero-order valence-electron chi connectivity index (χ0n) is 13.2. The Labute approximate surface area is 142 Å². The van der Waals surface area contributed by atoms with E-state index in [1.165, 1.54) is 22.5 Å². The van der Waals surface area contributed by atoms with Crippen molar-refractivity contribution in [2.75, 3.05) is 18.4 Å². The summed E-state index contributed by atoms with van der Waals surface area (Å²) in [5, 5.41) is 3.62. The van der Waals surface area contributed by atoms with Crippen molar-refractivity contribution < 1.29 is 4.79 Å². The molecule has 2 bridgehead atoms. The van der Waals surface area contributed by atoms with Crippen molar-refractivity contribution in [1.29, 1.82) is 0 Å². The van der Waals surface area contributed by atoms with Crippen LogP contribution in [0, 0.1) is 5.92 Å². The van der Waals surface area contributed by atoms with Crippen LogP contribution in [0.4, 0.5) is 5.69 Å². The molecule has 4 heteroatoms. The molecule has 3 nitrogen and oxygen atoms in total. The van der Waals surface area contributed by atoms with Crippen molar-refractivity contribution in [2.24, 2.45) is 5.92 Å². The lowest BCUT2D eigenvalue weighted by molar-refractivity contribution is -0.105. The summed E-state index contributed by atoms with van der Waals surface area (Å²) in [4.78, 5) is 14.6. The maximum absolute atomic E-state index is 11.9. The lowest BCUT2D eigenvalue weighted by Crippen LogP contribution is -2.52. The maximum atomic E-state index is 11.9. The van der Waals surface area contributed by atoms with Gasteiger partial charge in [-0.25, -0.2) is 0 Å². The highest BCUT2D eigenvalue weighted by Crippen LogP contribution is 2.60. The van der Waals surface area contributed by atoms with Gasteiger partial charge < -0.3 is 5.32 Å². The Hall–Kier alpha value is -1.58. The zero-order valence-corrected chi connectivity index (χ0v) is 14.0. The van der Waals surface area contributed by atoms with E-state index < -0.39 is 0 Å². The van der Waals surface area contributed by atoms with Gasteiger partial charge in [0, 0.05) is 42.0 Å². The van der Waals surface area contributed by atoms with Crippen molar-refractivity contribution in [2.45, 2.75) is 31.2 Å². The molecule has 2 fully saturated rings. The van der Waals surface area contributed by atoms with Gasteiger partial charge in [0.2, 0.25) is 0 Å². The van der Waals surface area contributed by atoms with E-state index in [0.29, 0.717) is 12.0 Å². The number of rotatable bonds is 1. The third kappa shape index (κ3) is 1.62. The van der Waals surface area contributed by atoms with Gasteiger partial charge in [-0.05, 0) is 31.4 Å². The summed E-state index contributed by atoms with van der Waals surface area (Å²) in [5.74, 6) is 0.312. The summed E-state index contributed by atoms with van der Waals surface area (Å²) < 4.78 is 0. The first-order valence-electron chi connectivity index (χ1n) is 8.25. The normalized spacial score (nSPS) is 35.4. The molecule has 2 saturated heterocycles. The third-order valence-electron chi connectivity index (χ3n) is 6.37.